The number of nitrogens with zero attached hydrogens (tertiary/aromatic N) is 2. The molecule has 0 N–H and O–H groups in total. The van der Waals surface area contributed by atoms with Gasteiger partial charge in [-0.2, -0.15) is 0 Å². The van der Waals surface area contributed by atoms with E-state index in [9.17, 15) is 4.79 Å². The second-order valence-electron chi connectivity index (χ2n) is 6.15. The molecule has 3 rings (SSSR count). The van der Waals surface area contributed by atoms with Crippen LogP contribution in [-0.4, -0.2) is 28.4 Å². The smallest absolute Gasteiger partial charge is 0.254 e. The van der Waals surface area contributed by atoms with E-state index in [2.05, 4.69) is 32.7 Å². The van der Waals surface area contributed by atoms with Gasteiger partial charge in [-0.15, -0.1) is 0 Å². The Bertz CT molecular complexity index is 505. The third-order valence-electron chi connectivity index (χ3n) is 4.97. The van der Waals surface area contributed by atoms with Crippen molar-refractivity contribution in [3.63, 3.8) is 0 Å². The first kappa shape index (κ1) is 14.1. The van der Waals surface area contributed by atoms with Crippen molar-refractivity contribution in [1.29, 1.82) is 0 Å². The van der Waals surface area contributed by atoms with Gasteiger partial charge in [-0.3, -0.25) is 4.79 Å². The summed E-state index contributed by atoms with van der Waals surface area (Å²) in [5.41, 5.74) is 0.755. The van der Waals surface area contributed by atoms with Crippen molar-refractivity contribution in [3.05, 3.63) is 28.5 Å². The van der Waals surface area contributed by atoms with Gasteiger partial charge in [-0.05, 0) is 59.2 Å². The number of hydrogen-bond donors (Lipinski definition) is 0. The highest BCUT2D eigenvalue weighted by Gasteiger charge is 2.39. The molecule has 4 heteroatoms. The fraction of sp³-hybridized carbons (Fsp3) is 0.625. The second-order valence-corrected chi connectivity index (χ2v) is 6.96. The van der Waals surface area contributed by atoms with Gasteiger partial charge in [-0.25, -0.2) is 4.98 Å². The lowest BCUT2D eigenvalue weighted by Crippen LogP contribution is -2.52. The molecule has 2 fully saturated rings. The van der Waals surface area contributed by atoms with Crippen LogP contribution in [0.3, 0.4) is 0 Å². The van der Waals surface area contributed by atoms with Crippen LogP contribution >= 0.6 is 15.9 Å². The topological polar surface area (TPSA) is 33.2 Å². The van der Waals surface area contributed by atoms with Crippen molar-refractivity contribution < 1.29 is 4.79 Å². The van der Waals surface area contributed by atoms with E-state index in [1.165, 1.54) is 25.7 Å². The Morgan fingerprint density at radius 2 is 2.15 bits per heavy atom. The summed E-state index contributed by atoms with van der Waals surface area (Å²) in [5, 5.41) is 0. The maximum Gasteiger partial charge on any atom is 0.254 e. The lowest BCUT2D eigenvalue weighted by atomic mass is 9.72. The molecule has 1 aliphatic heterocycles. The summed E-state index contributed by atoms with van der Waals surface area (Å²) >= 11 is 3.35. The van der Waals surface area contributed by atoms with Crippen LogP contribution in [0.25, 0.3) is 0 Å². The van der Waals surface area contributed by atoms with E-state index < -0.39 is 0 Å². The van der Waals surface area contributed by atoms with Crippen LogP contribution < -0.4 is 0 Å². The fourth-order valence-corrected chi connectivity index (χ4v) is 4.23. The Labute approximate surface area is 128 Å². The van der Waals surface area contributed by atoms with E-state index in [-0.39, 0.29) is 5.91 Å². The largest absolute Gasteiger partial charge is 0.335 e. The monoisotopic (exact) mass is 336 g/mol. The van der Waals surface area contributed by atoms with Crippen molar-refractivity contribution >= 4 is 21.8 Å². The SMILES string of the molecule is CC1CCN(C(=O)c2ccnc(Br)c2)C2CCCCC12. The molecule has 0 aromatic carbocycles. The molecule has 1 saturated carbocycles. The van der Waals surface area contributed by atoms with Gasteiger partial charge < -0.3 is 4.90 Å². The number of fused-ring (bicyclic) bond motifs is 1. The van der Waals surface area contributed by atoms with E-state index in [0.29, 0.717) is 12.0 Å². The quantitative estimate of drug-likeness (QED) is 0.729. The number of carbonyl (C=O) groups excluding carboxylic acids is 1. The first-order chi connectivity index (χ1) is 9.66. The summed E-state index contributed by atoms with van der Waals surface area (Å²) in [6.45, 7) is 3.26. The first-order valence-corrected chi connectivity index (χ1v) is 8.38. The first-order valence-electron chi connectivity index (χ1n) is 7.59. The maximum absolute atomic E-state index is 12.8. The van der Waals surface area contributed by atoms with Crippen molar-refractivity contribution in [1.82, 2.24) is 9.88 Å². The fourth-order valence-electron chi connectivity index (χ4n) is 3.87. The zero-order valence-electron chi connectivity index (χ0n) is 11.9. The number of likely N-dealkylation sites (tertiary alicyclic amines) is 1. The Kier molecular flexibility index (Phi) is 4.11. The average molecular weight is 337 g/mol. The summed E-state index contributed by atoms with van der Waals surface area (Å²) in [7, 11) is 0. The summed E-state index contributed by atoms with van der Waals surface area (Å²) in [4.78, 5) is 19.0. The molecular weight excluding hydrogens is 316 g/mol. The Morgan fingerprint density at radius 1 is 1.35 bits per heavy atom. The molecule has 108 valence electrons. The van der Waals surface area contributed by atoms with Crippen LogP contribution in [0.15, 0.2) is 22.9 Å². The van der Waals surface area contributed by atoms with Crippen LogP contribution in [0.2, 0.25) is 0 Å². The average Bonchev–Trinajstić information content (AvgIpc) is 2.47. The lowest BCUT2D eigenvalue weighted by Gasteiger charge is -2.47. The van der Waals surface area contributed by atoms with Crippen LogP contribution in [0, 0.1) is 11.8 Å². The number of halogens is 1. The minimum atomic E-state index is 0.178. The molecule has 0 bridgehead atoms. The number of aromatic nitrogens is 1. The number of amides is 1. The lowest BCUT2D eigenvalue weighted by molar-refractivity contribution is 0.0217. The normalized spacial score (nSPS) is 29.9. The molecule has 1 aromatic heterocycles. The minimum Gasteiger partial charge on any atom is -0.335 e. The van der Waals surface area contributed by atoms with Crippen LogP contribution in [0.5, 0.6) is 0 Å². The van der Waals surface area contributed by atoms with E-state index in [4.69, 9.17) is 0 Å². The molecule has 20 heavy (non-hydrogen) atoms. The Balaban J connectivity index is 1.83. The van der Waals surface area contributed by atoms with E-state index in [0.717, 1.165) is 29.1 Å². The molecule has 0 radical (unpaired) electrons. The third-order valence-corrected chi connectivity index (χ3v) is 5.41. The van der Waals surface area contributed by atoms with Crippen molar-refractivity contribution in [2.24, 2.45) is 11.8 Å². The number of rotatable bonds is 1. The van der Waals surface area contributed by atoms with Gasteiger partial charge >= 0.3 is 0 Å². The molecule has 1 amide bonds. The second kappa shape index (κ2) is 5.84. The van der Waals surface area contributed by atoms with Crippen molar-refractivity contribution in [2.75, 3.05) is 6.54 Å². The summed E-state index contributed by atoms with van der Waals surface area (Å²) in [6, 6.07) is 4.10. The highest BCUT2D eigenvalue weighted by molar-refractivity contribution is 9.10. The van der Waals surface area contributed by atoms with E-state index in [1.807, 2.05) is 12.1 Å². The molecule has 0 spiro atoms. The number of piperidine rings is 1. The summed E-state index contributed by atoms with van der Waals surface area (Å²) in [5.74, 6) is 1.64. The Morgan fingerprint density at radius 3 is 2.95 bits per heavy atom. The van der Waals surface area contributed by atoms with Crippen LogP contribution in [0.4, 0.5) is 0 Å². The highest BCUT2D eigenvalue weighted by Crippen LogP contribution is 2.39. The predicted octanol–water partition coefficient (Wildman–Crippen LogP) is 3.88. The molecule has 1 saturated heterocycles. The van der Waals surface area contributed by atoms with Gasteiger partial charge in [0.15, 0.2) is 0 Å². The van der Waals surface area contributed by atoms with Crippen LogP contribution in [-0.2, 0) is 0 Å². The van der Waals surface area contributed by atoms with Gasteiger partial charge in [0.1, 0.15) is 4.60 Å². The number of pyridine rings is 1. The number of hydrogen-bond acceptors (Lipinski definition) is 2. The molecule has 2 heterocycles. The molecule has 1 aliphatic carbocycles. The van der Waals surface area contributed by atoms with E-state index in [1.54, 1.807) is 6.20 Å². The van der Waals surface area contributed by atoms with Gasteiger partial charge in [0, 0.05) is 24.3 Å². The maximum atomic E-state index is 12.8. The highest BCUT2D eigenvalue weighted by atomic mass is 79.9. The molecule has 2 aliphatic rings. The molecule has 3 nitrogen and oxygen atoms in total. The summed E-state index contributed by atoms with van der Waals surface area (Å²) in [6.07, 6.45) is 7.89. The zero-order chi connectivity index (χ0) is 14.1. The van der Waals surface area contributed by atoms with Gasteiger partial charge in [-0.1, -0.05) is 19.8 Å². The molecule has 1 aromatic rings. The van der Waals surface area contributed by atoms with Crippen molar-refractivity contribution in [3.8, 4) is 0 Å². The standard InChI is InChI=1S/C16H21BrN2O/c1-11-7-9-19(14-5-3-2-4-13(11)14)16(20)12-6-8-18-15(17)10-12/h6,8,10-11,13-14H,2-5,7,9H2,1H3. The van der Waals surface area contributed by atoms with E-state index >= 15 is 0 Å². The summed E-state index contributed by atoms with van der Waals surface area (Å²) < 4.78 is 0.730. The van der Waals surface area contributed by atoms with Gasteiger partial charge in [0.2, 0.25) is 0 Å². The predicted molar refractivity (Wildman–Crippen MR) is 82.5 cm³/mol. The third kappa shape index (κ3) is 2.62. The zero-order valence-corrected chi connectivity index (χ0v) is 13.5. The molecule has 3 unspecified atom stereocenters. The van der Waals surface area contributed by atoms with Gasteiger partial charge in [0.05, 0.1) is 0 Å². The molecule has 3 atom stereocenters. The van der Waals surface area contributed by atoms with Gasteiger partial charge in [0.25, 0.3) is 5.91 Å². The molecular formula is C16H21BrN2O. The van der Waals surface area contributed by atoms with Crippen molar-refractivity contribution in [2.45, 2.75) is 45.1 Å². The minimum absolute atomic E-state index is 0.178. The Hall–Kier alpha value is -0.900. The van der Waals surface area contributed by atoms with Crippen LogP contribution in [0.1, 0.15) is 49.4 Å². The number of carbonyl (C=O) groups is 1.